The number of carboxylic acids is 1. The Labute approximate surface area is 138 Å². The van der Waals surface area contributed by atoms with Crippen molar-refractivity contribution in [1.29, 1.82) is 0 Å². The van der Waals surface area contributed by atoms with Gasteiger partial charge in [0.15, 0.2) is 0 Å². The van der Waals surface area contributed by atoms with Crippen molar-refractivity contribution in [2.45, 2.75) is 4.90 Å². The molecule has 0 atom stereocenters. The molecule has 0 aliphatic rings. The minimum Gasteiger partial charge on any atom is -0.495 e. The second-order valence-electron chi connectivity index (χ2n) is 4.67. The molecule has 24 heavy (non-hydrogen) atoms. The number of sulfonamides is 1. The molecule has 0 aliphatic carbocycles. The number of carbonyl (C=O) groups is 1. The Morgan fingerprint density at radius 2 is 1.96 bits per heavy atom. The zero-order chi connectivity index (χ0) is 17.7. The summed E-state index contributed by atoms with van der Waals surface area (Å²) in [6.45, 7) is 0. The molecule has 2 aromatic carbocycles. The van der Waals surface area contributed by atoms with Crippen LogP contribution in [0.15, 0.2) is 53.4 Å². The fourth-order valence-corrected chi connectivity index (χ4v) is 3.19. The van der Waals surface area contributed by atoms with E-state index in [1.165, 1.54) is 49.6 Å². The lowest BCUT2D eigenvalue weighted by Gasteiger charge is -2.12. The molecular weight excluding hydrogens is 337 g/mol. The van der Waals surface area contributed by atoms with Crippen molar-refractivity contribution < 1.29 is 27.4 Å². The minimum atomic E-state index is -4.14. The lowest BCUT2D eigenvalue weighted by atomic mass is 10.2. The molecule has 0 aromatic heterocycles. The van der Waals surface area contributed by atoms with Crippen LogP contribution >= 0.6 is 0 Å². The number of para-hydroxylation sites is 1. The highest BCUT2D eigenvalue weighted by atomic mass is 32.2. The summed E-state index contributed by atoms with van der Waals surface area (Å²) in [4.78, 5) is 10.3. The second kappa shape index (κ2) is 7.14. The minimum absolute atomic E-state index is 0.0475. The van der Waals surface area contributed by atoms with Gasteiger partial charge in [-0.3, -0.25) is 4.72 Å². The van der Waals surface area contributed by atoms with Crippen LogP contribution in [0.5, 0.6) is 5.75 Å². The third kappa shape index (κ3) is 4.11. The van der Waals surface area contributed by atoms with Gasteiger partial charge in [0.2, 0.25) is 0 Å². The van der Waals surface area contributed by atoms with E-state index in [0.29, 0.717) is 5.56 Å². The largest absolute Gasteiger partial charge is 0.495 e. The lowest BCUT2D eigenvalue weighted by Crippen LogP contribution is -2.15. The normalized spacial score (nSPS) is 11.4. The third-order valence-corrected chi connectivity index (χ3v) is 4.40. The van der Waals surface area contributed by atoms with Gasteiger partial charge >= 0.3 is 5.97 Å². The zero-order valence-electron chi connectivity index (χ0n) is 12.6. The van der Waals surface area contributed by atoms with Crippen molar-refractivity contribution in [2.24, 2.45) is 0 Å². The molecule has 0 spiro atoms. The number of aliphatic carboxylic acids is 1. The summed E-state index contributed by atoms with van der Waals surface area (Å²) in [5, 5.41) is 8.65. The van der Waals surface area contributed by atoms with Crippen LogP contribution in [-0.2, 0) is 14.8 Å². The molecular formula is C16H14FNO5S. The van der Waals surface area contributed by atoms with Crippen LogP contribution in [0, 0.1) is 5.82 Å². The Hall–Kier alpha value is -2.87. The van der Waals surface area contributed by atoms with Gasteiger partial charge in [0.05, 0.1) is 12.8 Å². The smallest absolute Gasteiger partial charge is 0.328 e. The number of methoxy groups -OCH3 is 1. The maximum atomic E-state index is 13.7. The summed E-state index contributed by atoms with van der Waals surface area (Å²) in [5.41, 5.74) is 0.137. The monoisotopic (exact) mass is 351 g/mol. The molecule has 2 aromatic rings. The Kier molecular flexibility index (Phi) is 5.20. The van der Waals surface area contributed by atoms with Gasteiger partial charge in [-0.25, -0.2) is 17.6 Å². The molecule has 8 heteroatoms. The number of hydrogen-bond donors (Lipinski definition) is 2. The van der Waals surface area contributed by atoms with Gasteiger partial charge in [-0.1, -0.05) is 18.2 Å². The van der Waals surface area contributed by atoms with E-state index in [4.69, 9.17) is 9.84 Å². The molecule has 0 radical (unpaired) electrons. The van der Waals surface area contributed by atoms with Gasteiger partial charge in [0.1, 0.15) is 16.5 Å². The van der Waals surface area contributed by atoms with E-state index < -0.39 is 21.8 Å². The van der Waals surface area contributed by atoms with E-state index in [2.05, 4.69) is 4.72 Å². The van der Waals surface area contributed by atoms with Crippen molar-refractivity contribution >= 4 is 27.8 Å². The number of ether oxygens (including phenoxy) is 1. The highest BCUT2D eigenvalue weighted by Gasteiger charge is 2.21. The molecule has 126 valence electrons. The molecule has 0 aliphatic heterocycles. The van der Waals surface area contributed by atoms with E-state index in [0.717, 1.165) is 12.1 Å². The molecule has 2 rings (SSSR count). The van der Waals surface area contributed by atoms with Crippen molar-refractivity contribution in [3.05, 3.63) is 59.9 Å². The van der Waals surface area contributed by atoms with E-state index >= 15 is 0 Å². The molecule has 0 saturated heterocycles. The summed E-state index contributed by atoms with van der Waals surface area (Å²) in [7, 11) is -2.84. The zero-order valence-corrected chi connectivity index (χ0v) is 13.4. The van der Waals surface area contributed by atoms with Crippen LogP contribution in [0.3, 0.4) is 0 Å². The SMILES string of the molecule is COc1ccc(/C=C/C(=O)O)cc1S(=O)(=O)Nc1ccccc1F. The van der Waals surface area contributed by atoms with Gasteiger partial charge in [0.25, 0.3) is 10.0 Å². The van der Waals surface area contributed by atoms with Crippen LogP contribution in [0.2, 0.25) is 0 Å². The Balaban J connectivity index is 2.46. The van der Waals surface area contributed by atoms with Gasteiger partial charge in [-0.2, -0.15) is 0 Å². The predicted molar refractivity (Wildman–Crippen MR) is 86.9 cm³/mol. The predicted octanol–water partition coefficient (Wildman–Crippen LogP) is 2.73. The first-order chi connectivity index (χ1) is 11.3. The van der Waals surface area contributed by atoms with Gasteiger partial charge < -0.3 is 9.84 Å². The topological polar surface area (TPSA) is 92.7 Å². The van der Waals surface area contributed by atoms with Crippen LogP contribution in [0.4, 0.5) is 10.1 Å². The van der Waals surface area contributed by atoms with Crippen molar-refractivity contribution in [3.8, 4) is 5.75 Å². The molecule has 2 N–H and O–H groups in total. The number of benzene rings is 2. The molecule has 0 heterocycles. The van der Waals surface area contributed by atoms with Crippen LogP contribution < -0.4 is 9.46 Å². The first-order valence-corrected chi connectivity index (χ1v) is 8.18. The first-order valence-electron chi connectivity index (χ1n) is 6.70. The summed E-state index contributed by atoms with van der Waals surface area (Å²) >= 11 is 0. The summed E-state index contributed by atoms with van der Waals surface area (Å²) < 4.78 is 45.9. The Morgan fingerprint density at radius 1 is 1.25 bits per heavy atom. The molecule has 0 fully saturated rings. The van der Waals surface area contributed by atoms with E-state index in [1.807, 2.05) is 0 Å². The standard InChI is InChI=1S/C16H14FNO5S/c1-23-14-8-6-11(7-9-16(19)20)10-15(14)24(21,22)18-13-5-3-2-4-12(13)17/h2-10,18H,1H3,(H,19,20)/b9-7+. The van der Waals surface area contributed by atoms with Crippen molar-refractivity contribution in [1.82, 2.24) is 0 Å². The van der Waals surface area contributed by atoms with E-state index in [1.54, 1.807) is 0 Å². The number of carboxylic acid groups (broad SMARTS) is 1. The average molecular weight is 351 g/mol. The van der Waals surface area contributed by atoms with Crippen molar-refractivity contribution in [3.63, 3.8) is 0 Å². The number of rotatable bonds is 6. The molecule has 0 bridgehead atoms. The molecule has 0 saturated carbocycles. The summed E-state index contributed by atoms with van der Waals surface area (Å²) in [6.07, 6.45) is 2.12. The second-order valence-corrected chi connectivity index (χ2v) is 6.32. The maximum Gasteiger partial charge on any atom is 0.328 e. The molecule has 0 amide bonds. The number of nitrogens with one attached hydrogen (secondary N) is 1. The highest BCUT2D eigenvalue weighted by molar-refractivity contribution is 7.92. The average Bonchev–Trinajstić information content (AvgIpc) is 2.54. The molecule has 6 nitrogen and oxygen atoms in total. The number of anilines is 1. The highest BCUT2D eigenvalue weighted by Crippen LogP contribution is 2.28. The Morgan fingerprint density at radius 3 is 2.58 bits per heavy atom. The van der Waals surface area contributed by atoms with Crippen LogP contribution in [0.25, 0.3) is 6.08 Å². The van der Waals surface area contributed by atoms with E-state index in [-0.39, 0.29) is 16.3 Å². The van der Waals surface area contributed by atoms with Crippen LogP contribution in [-0.4, -0.2) is 26.6 Å². The molecule has 0 unspecified atom stereocenters. The van der Waals surface area contributed by atoms with Gasteiger partial charge in [-0.15, -0.1) is 0 Å². The van der Waals surface area contributed by atoms with E-state index in [9.17, 15) is 17.6 Å². The summed E-state index contributed by atoms with van der Waals surface area (Å²) in [5.74, 6) is -1.84. The van der Waals surface area contributed by atoms with Crippen molar-refractivity contribution in [2.75, 3.05) is 11.8 Å². The fraction of sp³-hybridized carbons (Fsp3) is 0.0625. The lowest BCUT2D eigenvalue weighted by molar-refractivity contribution is -0.131. The first kappa shape index (κ1) is 17.5. The quantitative estimate of drug-likeness (QED) is 0.781. The fourth-order valence-electron chi connectivity index (χ4n) is 1.92. The van der Waals surface area contributed by atoms with Gasteiger partial charge in [-0.05, 0) is 35.9 Å². The number of hydrogen-bond acceptors (Lipinski definition) is 4. The van der Waals surface area contributed by atoms with Crippen LogP contribution in [0.1, 0.15) is 5.56 Å². The summed E-state index contributed by atoms with van der Waals surface area (Å²) in [6, 6.07) is 9.46. The van der Waals surface area contributed by atoms with Gasteiger partial charge in [0, 0.05) is 6.08 Å². The Bertz CT molecular complexity index is 893. The number of halogens is 1. The third-order valence-electron chi connectivity index (χ3n) is 3.01. The maximum absolute atomic E-state index is 13.7.